The van der Waals surface area contributed by atoms with Crippen LogP contribution >= 0.6 is 0 Å². The van der Waals surface area contributed by atoms with Crippen LogP contribution in [-0.2, 0) is 0 Å². The SMILES string of the molecule is O=C(NN1C(=O)c2cccc3c([N+](=O)[O-])ccc(c23)C1=O)c1cccc([N+](=O)[O-])c1. The molecule has 3 aromatic rings. The fourth-order valence-corrected chi connectivity index (χ4v) is 3.27. The van der Waals surface area contributed by atoms with Crippen LogP contribution in [0, 0.1) is 20.2 Å². The Morgan fingerprint density at radius 2 is 1.53 bits per heavy atom. The first-order chi connectivity index (χ1) is 14.3. The van der Waals surface area contributed by atoms with Gasteiger partial charge in [0, 0.05) is 29.1 Å². The van der Waals surface area contributed by atoms with E-state index < -0.39 is 27.6 Å². The number of carbonyl (C=O) groups excluding carboxylic acids is 3. The van der Waals surface area contributed by atoms with Crippen molar-refractivity contribution in [2.75, 3.05) is 0 Å². The highest BCUT2D eigenvalue weighted by molar-refractivity contribution is 6.26. The summed E-state index contributed by atoms with van der Waals surface area (Å²) in [4.78, 5) is 59.1. The van der Waals surface area contributed by atoms with Crippen molar-refractivity contribution in [3.63, 3.8) is 0 Å². The van der Waals surface area contributed by atoms with Gasteiger partial charge in [0.25, 0.3) is 29.1 Å². The number of nitro groups is 2. The Kier molecular flexibility index (Phi) is 4.20. The van der Waals surface area contributed by atoms with Gasteiger partial charge in [0.05, 0.1) is 26.4 Å². The molecule has 30 heavy (non-hydrogen) atoms. The van der Waals surface area contributed by atoms with Crippen LogP contribution in [0.4, 0.5) is 11.4 Å². The molecule has 0 saturated carbocycles. The number of amides is 3. The average molecular weight is 406 g/mol. The third-order valence-corrected chi connectivity index (χ3v) is 4.61. The number of imide groups is 1. The van der Waals surface area contributed by atoms with Gasteiger partial charge in [-0.3, -0.25) is 40.0 Å². The van der Waals surface area contributed by atoms with E-state index in [0.717, 1.165) is 12.1 Å². The van der Waals surface area contributed by atoms with Gasteiger partial charge in [-0.25, -0.2) is 0 Å². The summed E-state index contributed by atoms with van der Waals surface area (Å²) >= 11 is 0. The maximum Gasteiger partial charge on any atom is 0.280 e. The summed E-state index contributed by atoms with van der Waals surface area (Å²) in [6, 6.07) is 11.4. The second kappa shape index (κ2) is 6.74. The molecular weight excluding hydrogens is 396 g/mol. The zero-order chi connectivity index (χ0) is 21.6. The molecule has 0 saturated heterocycles. The smallest absolute Gasteiger partial charge is 0.267 e. The van der Waals surface area contributed by atoms with Gasteiger partial charge in [-0.15, -0.1) is 0 Å². The lowest BCUT2D eigenvalue weighted by molar-refractivity contribution is -0.384. The van der Waals surface area contributed by atoms with Gasteiger partial charge in [-0.1, -0.05) is 12.1 Å². The number of carbonyl (C=O) groups is 3. The highest BCUT2D eigenvalue weighted by Gasteiger charge is 2.36. The van der Waals surface area contributed by atoms with Crippen molar-refractivity contribution in [1.29, 1.82) is 0 Å². The van der Waals surface area contributed by atoms with Crippen LogP contribution in [-0.4, -0.2) is 32.6 Å². The first-order valence-corrected chi connectivity index (χ1v) is 8.44. The van der Waals surface area contributed by atoms with E-state index in [2.05, 4.69) is 5.43 Å². The average Bonchev–Trinajstić information content (AvgIpc) is 2.74. The molecule has 148 valence electrons. The summed E-state index contributed by atoms with van der Waals surface area (Å²) in [6.45, 7) is 0. The van der Waals surface area contributed by atoms with E-state index in [1.54, 1.807) is 0 Å². The summed E-state index contributed by atoms with van der Waals surface area (Å²) < 4.78 is 0. The largest absolute Gasteiger partial charge is 0.280 e. The molecule has 0 spiro atoms. The number of nitro benzene ring substituents is 2. The van der Waals surface area contributed by atoms with Crippen molar-refractivity contribution in [2.45, 2.75) is 0 Å². The first kappa shape index (κ1) is 18.7. The molecule has 0 aromatic heterocycles. The van der Waals surface area contributed by atoms with Gasteiger partial charge >= 0.3 is 0 Å². The molecule has 0 bridgehead atoms. The number of nitrogens with one attached hydrogen (secondary N) is 1. The normalized spacial score (nSPS) is 12.7. The van der Waals surface area contributed by atoms with Crippen molar-refractivity contribution < 1.29 is 24.2 Å². The Balaban J connectivity index is 1.74. The van der Waals surface area contributed by atoms with E-state index in [-0.39, 0.29) is 38.8 Å². The van der Waals surface area contributed by atoms with Gasteiger partial charge in [0.2, 0.25) is 0 Å². The molecule has 1 N–H and O–H groups in total. The van der Waals surface area contributed by atoms with Gasteiger partial charge in [-0.2, -0.15) is 5.01 Å². The molecule has 0 fully saturated rings. The van der Waals surface area contributed by atoms with Crippen LogP contribution in [0.25, 0.3) is 10.8 Å². The van der Waals surface area contributed by atoms with Gasteiger partial charge in [-0.05, 0) is 24.3 Å². The number of benzene rings is 3. The van der Waals surface area contributed by atoms with Crippen molar-refractivity contribution in [1.82, 2.24) is 10.4 Å². The monoisotopic (exact) mass is 406 g/mol. The Morgan fingerprint density at radius 3 is 2.20 bits per heavy atom. The van der Waals surface area contributed by atoms with Gasteiger partial charge in [0.15, 0.2) is 0 Å². The standard InChI is InChI=1S/C19H10N4O7/c24-17(10-3-1-4-11(9-10)22(27)28)20-21-18(25)13-6-2-5-12-15(23(29)30)8-7-14(16(12)13)19(21)26/h1-9H,(H,20,24). The molecule has 3 aromatic carbocycles. The maximum atomic E-state index is 12.8. The lowest BCUT2D eigenvalue weighted by Gasteiger charge is -2.27. The van der Waals surface area contributed by atoms with Crippen molar-refractivity contribution in [3.8, 4) is 0 Å². The number of nitrogens with zero attached hydrogens (tertiary/aromatic N) is 3. The number of hydrogen-bond acceptors (Lipinski definition) is 7. The van der Waals surface area contributed by atoms with Crippen LogP contribution in [0.5, 0.6) is 0 Å². The maximum absolute atomic E-state index is 12.8. The van der Waals surface area contributed by atoms with E-state index >= 15 is 0 Å². The van der Waals surface area contributed by atoms with E-state index in [0.29, 0.717) is 5.01 Å². The second-order valence-corrected chi connectivity index (χ2v) is 6.31. The zero-order valence-corrected chi connectivity index (χ0v) is 14.9. The lowest BCUT2D eigenvalue weighted by atomic mass is 9.94. The minimum Gasteiger partial charge on any atom is -0.267 e. The number of hydrogen-bond donors (Lipinski definition) is 1. The Bertz CT molecular complexity index is 1280. The lowest BCUT2D eigenvalue weighted by Crippen LogP contribution is -2.51. The molecule has 3 amide bonds. The predicted molar refractivity (Wildman–Crippen MR) is 102 cm³/mol. The predicted octanol–water partition coefficient (Wildman–Crippen LogP) is 2.60. The summed E-state index contributed by atoms with van der Waals surface area (Å²) in [5.41, 5.74) is 1.45. The van der Waals surface area contributed by atoms with Crippen LogP contribution in [0.2, 0.25) is 0 Å². The third kappa shape index (κ3) is 2.81. The third-order valence-electron chi connectivity index (χ3n) is 4.61. The molecule has 1 aliphatic heterocycles. The van der Waals surface area contributed by atoms with Crippen LogP contribution in [0.1, 0.15) is 31.1 Å². The molecule has 11 heteroatoms. The highest BCUT2D eigenvalue weighted by atomic mass is 16.6. The number of hydrazine groups is 1. The molecule has 11 nitrogen and oxygen atoms in total. The zero-order valence-electron chi connectivity index (χ0n) is 14.9. The number of non-ortho nitro benzene ring substituents is 2. The van der Waals surface area contributed by atoms with Crippen molar-refractivity contribution in [3.05, 3.63) is 91.5 Å². The Morgan fingerprint density at radius 1 is 0.867 bits per heavy atom. The summed E-state index contributed by atoms with van der Waals surface area (Å²) in [7, 11) is 0. The highest BCUT2D eigenvalue weighted by Crippen LogP contribution is 2.34. The summed E-state index contributed by atoms with van der Waals surface area (Å²) in [6.07, 6.45) is 0. The first-order valence-electron chi connectivity index (χ1n) is 8.44. The topological polar surface area (TPSA) is 153 Å². The minimum absolute atomic E-state index is 0.00476. The molecule has 1 heterocycles. The van der Waals surface area contributed by atoms with Crippen LogP contribution < -0.4 is 5.43 Å². The fraction of sp³-hybridized carbons (Fsp3) is 0. The van der Waals surface area contributed by atoms with Crippen LogP contribution in [0.3, 0.4) is 0 Å². The van der Waals surface area contributed by atoms with E-state index in [1.807, 2.05) is 0 Å². The van der Waals surface area contributed by atoms with Crippen molar-refractivity contribution >= 4 is 39.9 Å². The second-order valence-electron chi connectivity index (χ2n) is 6.31. The van der Waals surface area contributed by atoms with E-state index in [1.165, 1.54) is 42.5 Å². The molecule has 0 atom stereocenters. The quantitative estimate of drug-likeness (QED) is 0.397. The summed E-state index contributed by atoms with van der Waals surface area (Å²) in [5, 5.41) is 22.9. The molecule has 0 aliphatic carbocycles. The van der Waals surface area contributed by atoms with Gasteiger partial charge in [0.1, 0.15) is 0 Å². The molecular formula is C19H10N4O7. The fourth-order valence-electron chi connectivity index (χ4n) is 3.27. The molecule has 1 aliphatic rings. The van der Waals surface area contributed by atoms with Crippen LogP contribution in [0.15, 0.2) is 54.6 Å². The Hall–Kier alpha value is -4.67. The minimum atomic E-state index is -0.905. The Labute approximate surface area is 166 Å². The van der Waals surface area contributed by atoms with E-state index in [9.17, 15) is 34.6 Å². The molecule has 4 rings (SSSR count). The number of rotatable bonds is 4. The van der Waals surface area contributed by atoms with Crippen molar-refractivity contribution in [2.24, 2.45) is 0 Å². The molecule has 0 unspecified atom stereocenters. The van der Waals surface area contributed by atoms with Gasteiger partial charge < -0.3 is 0 Å². The summed E-state index contributed by atoms with van der Waals surface area (Å²) in [5.74, 6) is -2.66. The molecule has 0 radical (unpaired) electrons. The van der Waals surface area contributed by atoms with E-state index in [4.69, 9.17) is 0 Å².